The molecule has 1 aromatic carbocycles. The Balaban J connectivity index is 2.14. The monoisotopic (exact) mass is 269 g/mol. The lowest BCUT2D eigenvalue weighted by atomic mass is 9.64. The molecule has 1 N–H and O–H groups in total. The summed E-state index contributed by atoms with van der Waals surface area (Å²) < 4.78 is 14.1. The highest BCUT2D eigenvalue weighted by molar-refractivity contribution is 6.30. The van der Waals surface area contributed by atoms with Crippen LogP contribution in [0.4, 0.5) is 4.39 Å². The highest BCUT2D eigenvalue weighted by atomic mass is 35.5. The van der Waals surface area contributed by atoms with Crippen LogP contribution < -0.4 is 5.32 Å². The zero-order valence-electron chi connectivity index (χ0n) is 11.1. The first-order valence-corrected chi connectivity index (χ1v) is 7.08. The summed E-state index contributed by atoms with van der Waals surface area (Å²) in [5.41, 5.74) is 0.752. The van der Waals surface area contributed by atoms with Crippen LogP contribution in [0.5, 0.6) is 0 Å². The van der Waals surface area contributed by atoms with Crippen LogP contribution in [0.15, 0.2) is 18.2 Å². The molecule has 1 fully saturated rings. The predicted octanol–water partition coefficient (Wildman–Crippen LogP) is 4.15. The molecule has 0 atom stereocenters. The average Bonchev–Trinajstić information content (AvgIpc) is 2.26. The van der Waals surface area contributed by atoms with E-state index in [4.69, 9.17) is 11.6 Å². The number of hydrogen-bond acceptors (Lipinski definition) is 1. The summed E-state index contributed by atoms with van der Waals surface area (Å²) in [6.45, 7) is 6.19. The Kier molecular flexibility index (Phi) is 4.29. The third kappa shape index (κ3) is 2.70. The summed E-state index contributed by atoms with van der Waals surface area (Å²) in [4.78, 5) is 0. The molecule has 100 valence electrons. The van der Waals surface area contributed by atoms with Crippen molar-refractivity contribution in [3.8, 4) is 0 Å². The van der Waals surface area contributed by atoms with E-state index in [1.165, 1.54) is 6.42 Å². The highest BCUT2D eigenvalue weighted by Gasteiger charge is 2.40. The van der Waals surface area contributed by atoms with Gasteiger partial charge in [0.2, 0.25) is 0 Å². The maximum Gasteiger partial charge on any atom is 0.145 e. The van der Waals surface area contributed by atoms with Crippen molar-refractivity contribution in [3.63, 3.8) is 0 Å². The van der Waals surface area contributed by atoms with E-state index in [-0.39, 0.29) is 16.3 Å². The molecular weight excluding hydrogens is 249 g/mol. The Hall–Kier alpha value is -0.600. The van der Waals surface area contributed by atoms with Gasteiger partial charge in [-0.1, -0.05) is 44.0 Å². The van der Waals surface area contributed by atoms with E-state index < -0.39 is 0 Å². The maximum absolute atomic E-state index is 14.1. The molecule has 0 saturated heterocycles. The van der Waals surface area contributed by atoms with Crippen LogP contribution >= 0.6 is 11.6 Å². The molecule has 3 heteroatoms. The van der Waals surface area contributed by atoms with Gasteiger partial charge in [-0.25, -0.2) is 4.39 Å². The van der Waals surface area contributed by atoms with Crippen molar-refractivity contribution in [2.24, 2.45) is 5.92 Å². The topological polar surface area (TPSA) is 12.0 Å². The Morgan fingerprint density at radius 1 is 1.39 bits per heavy atom. The first-order chi connectivity index (χ1) is 8.55. The van der Waals surface area contributed by atoms with Gasteiger partial charge < -0.3 is 5.32 Å². The molecule has 1 aliphatic rings. The van der Waals surface area contributed by atoms with E-state index in [9.17, 15) is 4.39 Å². The summed E-state index contributed by atoms with van der Waals surface area (Å²) >= 11 is 5.89. The van der Waals surface area contributed by atoms with Crippen molar-refractivity contribution < 1.29 is 4.39 Å². The molecular formula is C15H21ClFN. The molecule has 0 radical (unpaired) electrons. The van der Waals surface area contributed by atoms with Crippen molar-refractivity contribution in [2.75, 3.05) is 13.1 Å². The highest BCUT2D eigenvalue weighted by Crippen LogP contribution is 2.45. The van der Waals surface area contributed by atoms with Gasteiger partial charge >= 0.3 is 0 Å². The summed E-state index contributed by atoms with van der Waals surface area (Å²) in [6.07, 6.45) is 3.28. The fourth-order valence-electron chi connectivity index (χ4n) is 2.66. The minimum Gasteiger partial charge on any atom is -0.316 e. The van der Waals surface area contributed by atoms with Crippen LogP contribution in [0, 0.1) is 11.7 Å². The third-order valence-corrected chi connectivity index (χ3v) is 4.14. The number of benzene rings is 1. The molecule has 0 aliphatic heterocycles. The third-order valence-electron chi connectivity index (χ3n) is 3.85. The number of nitrogens with one attached hydrogen (secondary N) is 1. The van der Waals surface area contributed by atoms with Crippen molar-refractivity contribution in [2.45, 2.75) is 38.5 Å². The maximum atomic E-state index is 14.1. The lowest BCUT2D eigenvalue weighted by Crippen LogP contribution is -2.45. The van der Waals surface area contributed by atoms with Gasteiger partial charge in [-0.15, -0.1) is 0 Å². The fraction of sp³-hybridized carbons (Fsp3) is 0.600. The van der Waals surface area contributed by atoms with E-state index in [0.717, 1.165) is 31.5 Å². The van der Waals surface area contributed by atoms with Crippen molar-refractivity contribution >= 4 is 11.6 Å². The molecule has 2 rings (SSSR count). The zero-order valence-corrected chi connectivity index (χ0v) is 11.9. The second kappa shape index (κ2) is 5.58. The molecule has 0 heterocycles. The first kappa shape index (κ1) is 13.8. The molecule has 1 nitrogen and oxygen atoms in total. The SMILES string of the molecule is CC(C)CNCC1(c2cccc(Cl)c2F)CCC1. The Morgan fingerprint density at radius 3 is 2.67 bits per heavy atom. The smallest absolute Gasteiger partial charge is 0.145 e. The van der Waals surface area contributed by atoms with Gasteiger partial charge in [0.1, 0.15) is 5.82 Å². The molecule has 0 aromatic heterocycles. The summed E-state index contributed by atoms with van der Waals surface area (Å²) in [6, 6.07) is 5.36. The van der Waals surface area contributed by atoms with Crippen molar-refractivity contribution in [3.05, 3.63) is 34.6 Å². The zero-order chi connectivity index (χ0) is 13.2. The predicted molar refractivity (Wildman–Crippen MR) is 74.6 cm³/mol. The van der Waals surface area contributed by atoms with E-state index in [0.29, 0.717) is 5.92 Å². The number of hydrogen-bond donors (Lipinski definition) is 1. The van der Waals surface area contributed by atoms with Crippen LogP contribution in [-0.2, 0) is 5.41 Å². The Labute approximate surface area is 114 Å². The van der Waals surface area contributed by atoms with Crippen LogP contribution in [-0.4, -0.2) is 13.1 Å². The first-order valence-electron chi connectivity index (χ1n) is 6.70. The van der Waals surface area contributed by atoms with Gasteiger partial charge in [0.05, 0.1) is 5.02 Å². The van der Waals surface area contributed by atoms with Gasteiger partial charge in [0.15, 0.2) is 0 Å². The Morgan fingerprint density at radius 2 is 2.11 bits per heavy atom. The minimum atomic E-state index is -0.231. The van der Waals surface area contributed by atoms with Gasteiger partial charge in [-0.3, -0.25) is 0 Å². The van der Waals surface area contributed by atoms with E-state index in [1.54, 1.807) is 6.07 Å². The fourth-order valence-corrected chi connectivity index (χ4v) is 2.83. The molecule has 1 aliphatic carbocycles. The second-order valence-corrected chi connectivity index (χ2v) is 6.17. The Bertz CT molecular complexity index is 413. The summed E-state index contributed by atoms with van der Waals surface area (Å²) in [7, 11) is 0. The average molecular weight is 270 g/mol. The van der Waals surface area contributed by atoms with Gasteiger partial charge in [-0.05, 0) is 36.9 Å². The van der Waals surface area contributed by atoms with E-state index in [1.807, 2.05) is 12.1 Å². The largest absolute Gasteiger partial charge is 0.316 e. The molecule has 1 saturated carbocycles. The van der Waals surface area contributed by atoms with Crippen LogP contribution in [0.3, 0.4) is 0 Å². The number of rotatable bonds is 5. The van der Waals surface area contributed by atoms with Crippen molar-refractivity contribution in [1.82, 2.24) is 5.32 Å². The number of halogens is 2. The van der Waals surface area contributed by atoms with Crippen LogP contribution in [0.25, 0.3) is 0 Å². The molecule has 1 aromatic rings. The molecule has 0 bridgehead atoms. The second-order valence-electron chi connectivity index (χ2n) is 5.76. The quantitative estimate of drug-likeness (QED) is 0.847. The summed E-state index contributed by atoms with van der Waals surface area (Å²) in [5.74, 6) is 0.386. The van der Waals surface area contributed by atoms with Gasteiger partial charge in [0.25, 0.3) is 0 Å². The standard InChI is InChI=1S/C15H21ClFN/c1-11(2)9-18-10-15(7-4-8-15)12-5-3-6-13(16)14(12)17/h3,5-6,11,18H,4,7-10H2,1-2H3. The molecule has 0 amide bonds. The lowest BCUT2D eigenvalue weighted by Gasteiger charge is -2.43. The molecule has 0 unspecified atom stereocenters. The lowest BCUT2D eigenvalue weighted by molar-refractivity contribution is 0.224. The molecule has 0 spiro atoms. The minimum absolute atomic E-state index is 0.0378. The van der Waals surface area contributed by atoms with Crippen LogP contribution in [0.2, 0.25) is 5.02 Å². The summed E-state index contributed by atoms with van der Waals surface area (Å²) in [5, 5.41) is 3.70. The van der Waals surface area contributed by atoms with E-state index >= 15 is 0 Å². The van der Waals surface area contributed by atoms with Crippen molar-refractivity contribution in [1.29, 1.82) is 0 Å². The van der Waals surface area contributed by atoms with Gasteiger partial charge in [0, 0.05) is 12.0 Å². The normalized spacial score (nSPS) is 17.8. The van der Waals surface area contributed by atoms with Gasteiger partial charge in [-0.2, -0.15) is 0 Å². The van der Waals surface area contributed by atoms with Crippen LogP contribution in [0.1, 0.15) is 38.7 Å². The van der Waals surface area contributed by atoms with E-state index in [2.05, 4.69) is 19.2 Å². The molecule has 18 heavy (non-hydrogen) atoms.